The van der Waals surface area contributed by atoms with Gasteiger partial charge in [-0.2, -0.15) is 0 Å². The third-order valence-electron chi connectivity index (χ3n) is 3.00. The zero-order chi connectivity index (χ0) is 16.8. The smallest absolute Gasteiger partial charge is 0.271 e. The monoisotopic (exact) mass is 309 g/mol. The first-order valence-electron chi connectivity index (χ1n) is 7.33. The molecule has 0 bridgehead atoms. The number of amides is 1. The first-order chi connectivity index (χ1) is 11.1. The summed E-state index contributed by atoms with van der Waals surface area (Å²) in [5.74, 6) is -0.349. The lowest BCUT2D eigenvalue weighted by molar-refractivity contribution is 0.0996. The summed E-state index contributed by atoms with van der Waals surface area (Å²) in [4.78, 5) is 20.2. The molecule has 0 radical (unpaired) electrons. The number of para-hydroxylation sites is 2. The van der Waals surface area contributed by atoms with Crippen LogP contribution in [0.3, 0.4) is 0 Å². The molecule has 1 amide bonds. The number of nitrogen functional groups attached to an aromatic ring is 1. The zero-order valence-electron chi connectivity index (χ0n) is 13.1. The first-order valence-corrected chi connectivity index (χ1v) is 7.33. The van der Waals surface area contributed by atoms with Gasteiger partial charge in [-0.25, -0.2) is 9.97 Å². The minimum Gasteiger partial charge on any atom is -0.397 e. The third kappa shape index (κ3) is 3.55. The number of hydrogen-bond donors (Lipinski definition) is 3. The zero-order valence-corrected chi connectivity index (χ0v) is 13.1. The number of benzene rings is 2. The van der Waals surface area contributed by atoms with Gasteiger partial charge in [0.2, 0.25) is 0 Å². The number of nitrogens with zero attached hydrogens (tertiary/aromatic N) is 2. The normalized spacial score (nSPS) is 9.83. The van der Waals surface area contributed by atoms with Crippen molar-refractivity contribution in [3.63, 3.8) is 0 Å². The molecule has 118 valence electrons. The number of aromatic nitrogens is 2. The van der Waals surface area contributed by atoms with Crippen molar-refractivity contribution in [3.8, 4) is 0 Å². The van der Waals surface area contributed by atoms with E-state index in [9.17, 15) is 4.79 Å². The predicted molar refractivity (Wildman–Crippen MR) is 93.5 cm³/mol. The summed E-state index contributed by atoms with van der Waals surface area (Å²) < 4.78 is 0. The Hall–Kier alpha value is -3.15. The molecule has 0 aliphatic carbocycles. The van der Waals surface area contributed by atoms with Gasteiger partial charge in [0.15, 0.2) is 11.5 Å². The Labute approximate surface area is 134 Å². The van der Waals surface area contributed by atoms with Gasteiger partial charge in [-0.05, 0) is 24.3 Å². The highest BCUT2D eigenvalue weighted by atomic mass is 16.1. The van der Waals surface area contributed by atoms with Gasteiger partial charge < -0.3 is 16.8 Å². The van der Waals surface area contributed by atoms with Crippen LogP contribution in [0.15, 0.2) is 48.5 Å². The SMILES string of the molecule is CC.NC(=O)c1nc2c(N)cccc2nc1Nc1ccccc1. The average Bonchev–Trinajstić information content (AvgIpc) is 2.57. The van der Waals surface area contributed by atoms with Gasteiger partial charge >= 0.3 is 0 Å². The van der Waals surface area contributed by atoms with Crippen LogP contribution < -0.4 is 16.8 Å². The van der Waals surface area contributed by atoms with Gasteiger partial charge in [-0.15, -0.1) is 0 Å². The molecule has 6 heteroatoms. The summed E-state index contributed by atoms with van der Waals surface area (Å²) in [7, 11) is 0. The molecule has 5 N–H and O–H groups in total. The lowest BCUT2D eigenvalue weighted by atomic mass is 10.2. The van der Waals surface area contributed by atoms with Gasteiger partial charge in [-0.3, -0.25) is 4.79 Å². The van der Waals surface area contributed by atoms with Crippen molar-refractivity contribution >= 4 is 34.1 Å². The fraction of sp³-hybridized carbons (Fsp3) is 0.118. The average molecular weight is 309 g/mol. The van der Waals surface area contributed by atoms with Crippen molar-refractivity contribution in [3.05, 3.63) is 54.2 Å². The second-order valence-corrected chi connectivity index (χ2v) is 4.49. The third-order valence-corrected chi connectivity index (χ3v) is 3.00. The summed E-state index contributed by atoms with van der Waals surface area (Å²) >= 11 is 0. The van der Waals surface area contributed by atoms with E-state index in [0.29, 0.717) is 22.5 Å². The Morgan fingerprint density at radius 3 is 2.35 bits per heavy atom. The number of nitrogens with two attached hydrogens (primary N) is 2. The van der Waals surface area contributed by atoms with Crippen LogP contribution in [0.1, 0.15) is 24.3 Å². The second kappa shape index (κ2) is 7.22. The van der Waals surface area contributed by atoms with Gasteiger partial charge in [-0.1, -0.05) is 38.1 Å². The van der Waals surface area contributed by atoms with Crippen LogP contribution in [0.2, 0.25) is 0 Å². The molecule has 0 spiro atoms. The van der Waals surface area contributed by atoms with E-state index in [2.05, 4.69) is 15.3 Å². The van der Waals surface area contributed by atoms with Crippen molar-refractivity contribution in [1.82, 2.24) is 9.97 Å². The minimum absolute atomic E-state index is 0.0595. The van der Waals surface area contributed by atoms with Crippen LogP contribution in [0, 0.1) is 0 Å². The maximum absolute atomic E-state index is 11.6. The molecule has 23 heavy (non-hydrogen) atoms. The van der Waals surface area contributed by atoms with Gasteiger partial charge in [0.05, 0.1) is 11.2 Å². The number of carbonyl (C=O) groups is 1. The van der Waals surface area contributed by atoms with E-state index in [1.807, 2.05) is 44.2 Å². The van der Waals surface area contributed by atoms with Crippen LogP contribution in [0.5, 0.6) is 0 Å². The van der Waals surface area contributed by atoms with Crippen molar-refractivity contribution < 1.29 is 4.79 Å². The standard InChI is InChI=1S/C15H13N5O.C2H6/c16-10-7-4-8-11-12(10)20-13(14(17)21)15(19-11)18-9-5-2-1-3-6-9;1-2/h1-8H,16H2,(H2,17,21)(H,18,19);1-2H3. The first kappa shape index (κ1) is 16.2. The fourth-order valence-corrected chi connectivity index (χ4v) is 2.02. The molecule has 1 aromatic heterocycles. The van der Waals surface area contributed by atoms with E-state index in [0.717, 1.165) is 5.69 Å². The molecule has 2 aromatic carbocycles. The highest BCUT2D eigenvalue weighted by molar-refractivity contribution is 6.00. The van der Waals surface area contributed by atoms with Gasteiger partial charge in [0, 0.05) is 5.69 Å². The number of carbonyl (C=O) groups excluding carboxylic acids is 1. The predicted octanol–water partition coefficient (Wildman–Crippen LogP) is 3.08. The highest BCUT2D eigenvalue weighted by Crippen LogP contribution is 2.23. The summed E-state index contributed by atoms with van der Waals surface area (Å²) in [5, 5.41) is 3.05. The lowest BCUT2D eigenvalue weighted by Crippen LogP contribution is -2.17. The molecule has 0 saturated heterocycles. The Balaban J connectivity index is 0.000000924. The molecular weight excluding hydrogens is 290 g/mol. The molecule has 0 aliphatic rings. The van der Waals surface area contributed by atoms with Crippen molar-refractivity contribution in [1.29, 1.82) is 0 Å². The highest BCUT2D eigenvalue weighted by Gasteiger charge is 2.15. The molecule has 0 fully saturated rings. The fourth-order valence-electron chi connectivity index (χ4n) is 2.02. The molecule has 3 rings (SSSR count). The molecule has 0 aliphatic heterocycles. The molecule has 3 aromatic rings. The van der Waals surface area contributed by atoms with Gasteiger partial charge in [0.1, 0.15) is 5.52 Å². The number of fused-ring (bicyclic) bond motifs is 1. The summed E-state index contributed by atoms with van der Waals surface area (Å²) in [5.41, 5.74) is 13.6. The lowest BCUT2D eigenvalue weighted by Gasteiger charge is -2.10. The quantitative estimate of drug-likeness (QED) is 0.644. The second-order valence-electron chi connectivity index (χ2n) is 4.49. The maximum atomic E-state index is 11.6. The number of hydrogen-bond acceptors (Lipinski definition) is 5. The Kier molecular flexibility index (Phi) is 5.09. The van der Waals surface area contributed by atoms with Crippen LogP contribution in [-0.2, 0) is 0 Å². The van der Waals surface area contributed by atoms with E-state index in [1.54, 1.807) is 18.2 Å². The molecule has 1 heterocycles. The van der Waals surface area contributed by atoms with Gasteiger partial charge in [0.25, 0.3) is 5.91 Å². The Morgan fingerprint density at radius 2 is 1.70 bits per heavy atom. The van der Waals surface area contributed by atoms with Crippen LogP contribution in [-0.4, -0.2) is 15.9 Å². The van der Waals surface area contributed by atoms with E-state index >= 15 is 0 Å². The minimum atomic E-state index is -0.661. The van der Waals surface area contributed by atoms with Crippen molar-refractivity contribution in [2.75, 3.05) is 11.1 Å². The maximum Gasteiger partial charge on any atom is 0.271 e. The summed E-state index contributed by atoms with van der Waals surface area (Å²) in [6.07, 6.45) is 0. The molecular formula is C17H19N5O. The largest absolute Gasteiger partial charge is 0.397 e. The molecule has 0 atom stereocenters. The number of anilines is 3. The van der Waals surface area contributed by atoms with Crippen LogP contribution in [0.4, 0.5) is 17.2 Å². The van der Waals surface area contributed by atoms with E-state index in [1.165, 1.54) is 0 Å². The van der Waals surface area contributed by atoms with Crippen LogP contribution in [0.25, 0.3) is 11.0 Å². The number of nitrogens with one attached hydrogen (secondary N) is 1. The summed E-state index contributed by atoms with van der Waals surface area (Å²) in [6.45, 7) is 4.00. The van der Waals surface area contributed by atoms with Crippen molar-refractivity contribution in [2.24, 2.45) is 5.73 Å². The van der Waals surface area contributed by atoms with Crippen LogP contribution >= 0.6 is 0 Å². The molecule has 6 nitrogen and oxygen atoms in total. The Morgan fingerprint density at radius 1 is 1.00 bits per heavy atom. The van der Waals surface area contributed by atoms with E-state index in [-0.39, 0.29) is 5.69 Å². The number of primary amides is 1. The molecule has 0 saturated carbocycles. The van der Waals surface area contributed by atoms with Crippen molar-refractivity contribution in [2.45, 2.75) is 13.8 Å². The topological polar surface area (TPSA) is 107 Å². The van der Waals surface area contributed by atoms with E-state index in [4.69, 9.17) is 11.5 Å². The Bertz CT molecular complexity index is 818. The summed E-state index contributed by atoms with van der Waals surface area (Å²) in [6, 6.07) is 14.6. The van der Waals surface area contributed by atoms with E-state index < -0.39 is 5.91 Å². The molecule has 0 unspecified atom stereocenters. The number of rotatable bonds is 3.